The fourth-order valence-electron chi connectivity index (χ4n) is 5.43. The van der Waals surface area contributed by atoms with Gasteiger partial charge in [-0.3, -0.25) is 4.79 Å². The van der Waals surface area contributed by atoms with Crippen molar-refractivity contribution in [2.75, 3.05) is 13.1 Å². The Morgan fingerprint density at radius 1 is 1.48 bits per heavy atom. The van der Waals surface area contributed by atoms with Crippen LogP contribution in [0, 0.1) is 22.7 Å². The second-order valence-electron chi connectivity index (χ2n) is 7.77. The largest absolute Gasteiger partial charge is 0.353 e. The first-order valence-corrected chi connectivity index (χ1v) is 8.72. The Hall–Kier alpha value is -0.610. The molecule has 0 aromatic heterocycles. The zero-order valence-corrected chi connectivity index (χ0v) is 13.7. The fraction of sp³-hybridized carbons (Fsp3) is 0.941. The van der Waals surface area contributed by atoms with E-state index in [4.69, 9.17) is 5.73 Å². The molecule has 3 aliphatic rings. The molecule has 4 heteroatoms. The normalized spacial score (nSPS) is 43.9. The van der Waals surface area contributed by atoms with Crippen molar-refractivity contribution in [3.63, 3.8) is 0 Å². The minimum absolute atomic E-state index is 0.215. The standard InChI is InChI=1S/C17H31N3O/c1-4-12(5-7-18)19-8-6-15(21)20-14-9-13-11(2)17(13)10-16(14,17)3/h11-14,19H,4-10,18H2,1-3H3,(H,20,21). The zero-order valence-electron chi connectivity index (χ0n) is 13.7. The van der Waals surface area contributed by atoms with Crippen molar-refractivity contribution >= 4 is 5.91 Å². The van der Waals surface area contributed by atoms with Crippen LogP contribution in [0.3, 0.4) is 0 Å². The van der Waals surface area contributed by atoms with Gasteiger partial charge in [-0.1, -0.05) is 20.8 Å². The van der Waals surface area contributed by atoms with Crippen molar-refractivity contribution < 1.29 is 4.79 Å². The van der Waals surface area contributed by atoms with E-state index in [2.05, 4.69) is 31.4 Å². The number of nitrogens with two attached hydrogens (primary N) is 1. The molecule has 0 bridgehead atoms. The molecule has 1 amide bonds. The van der Waals surface area contributed by atoms with Gasteiger partial charge in [-0.05, 0) is 54.9 Å². The number of carbonyl (C=O) groups excluding carboxylic acids is 1. The van der Waals surface area contributed by atoms with E-state index in [1.165, 1.54) is 12.8 Å². The maximum atomic E-state index is 12.2. The summed E-state index contributed by atoms with van der Waals surface area (Å²) >= 11 is 0. The molecule has 1 spiro atoms. The predicted octanol–water partition coefficient (Wildman–Crippen LogP) is 1.64. The lowest BCUT2D eigenvalue weighted by Crippen LogP contribution is -2.42. The molecule has 0 saturated heterocycles. The predicted molar refractivity (Wildman–Crippen MR) is 84.7 cm³/mol. The van der Waals surface area contributed by atoms with Gasteiger partial charge in [0.05, 0.1) is 0 Å². The van der Waals surface area contributed by atoms with E-state index < -0.39 is 0 Å². The Morgan fingerprint density at radius 3 is 2.76 bits per heavy atom. The van der Waals surface area contributed by atoms with Gasteiger partial charge in [-0.2, -0.15) is 0 Å². The quantitative estimate of drug-likeness (QED) is 0.637. The lowest BCUT2D eigenvalue weighted by Gasteiger charge is -2.24. The number of carbonyl (C=O) groups is 1. The van der Waals surface area contributed by atoms with Gasteiger partial charge >= 0.3 is 0 Å². The Kier molecular flexibility index (Phi) is 3.81. The monoisotopic (exact) mass is 293 g/mol. The van der Waals surface area contributed by atoms with Crippen molar-refractivity contribution in [1.82, 2.24) is 10.6 Å². The van der Waals surface area contributed by atoms with Gasteiger partial charge in [0.25, 0.3) is 0 Å². The number of amides is 1. The van der Waals surface area contributed by atoms with Crippen molar-refractivity contribution in [3.8, 4) is 0 Å². The average Bonchev–Trinajstić information content (AvgIpc) is 3.23. The maximum Gasteiger partial charge on any atom is 0.221 e. The van der Waals surface area contributed by atoms with E-state index in [1.807, 2.05) is 0 Å². The lowest BCUT2D eigenvalue weighted by molar-refractivity contribution is -0.122. The summed E-state index contributed by atoms with van der Waals surface area (Å²) in [6.07, 6.45) is 5.19. The minimum Gasteiger partial charge on any atom is -0.353 e. The van der Waals surface area contributed by atoms with E-state index in [-0.39, 0.29) is 5.91 Å². The van der Waals surface area contributed by atoms with Crippen LogP contribution >= 0.6 is 0 Å². The Labute approximate surface area is 128 Å². The van der Waals surface area contributed by atoms with Gasteiger partial charge in [0.15, 0.2) is 0 Å². The highest BCUT2D eigenvalue weighted by Gasteiger charge is 2.87. The number of nitrogens with one attached hydrogen (secondary N) is 2. The SMILES string of the molecule is CCC(CCN)NCCC(=O)NC1CC2C(C)C23CC13C. The van der Waals surface area contributed by atoms with Gasteiger partial charge in [-0.25, -0.2) is 0 Å². The van der Waals surface area contributed by atoms with Crippen molar-refractivity contribution in [3.05, 3.63) is 0 Å². The summed E-state index contributed by atoms with van der Waals surface area (Å²) in [4.78, 5) is 12.2. The summed E-state index contributed by atoms with van der Waals surface area (Å²) < 4.78 is 0. The molecule has 6 atom stereocenters. The third kappa shape index (κ3) is 2.22. The maximum absolute atomic E-state index is 12.2. The fourth-order valence-corrected chi connectivity index (χ4v) is 5.43. The minimum atomic E-state index is 0.215. The molecule has 0 aromatic rings. The summed E-state index contributed by atoms with van der Waals surface area (Å²) in [6.45, 7) is 8.40. The van der Waals surface area contributed by atoms with Crippen LogP contribution < -0.4 is 16.4 Å². The first kappa shape index (κ1) is 15.3. The highest BCUT2D eigenvalue weighted by molar-refractivity contribution is 5.77. The smallest absolute Gasteiger partial charge is 0.221 e. The van der Waals surface area contributed by atoms with Crippen LogP contribution in [0.15, 0.2) is 0 Å². The van der Waals surface area contributed by atoms with Crippen LogP contribution in [0.5, 0.6) is 0 Å². The average molecular weight is 293 g/mol. The van der Waals surface area contributed by atoms with Gasteiger partial charge < -0.3 is 16.4 Å². The zero-order chi connectivity index (χ0) is 15.3. The number of rotatable bonds is 8. The van der Waals surface area contributed by atoms with Crippen LogP contribution in [-0.4, -0.2) is 31.1 Å². The molecule has 4 nitrogen and oxygen atoms in total. The Morgan fingerprint density at radius 2 is 2.24 bits per heavy atom. The molecule has 6 unspecified atom stereocenters. The molecule has 21 heavy (non-hydrogen) atoms. The van der Waals surface area contributed by atoms with Gasteiger partial charge in [0, 0.05) is 25.0 Å². The van der Waals surface area contributed by atoms with Gasteiger partial charge in [0.2, 0.25) is 5.91 Å². The number of hydrogen-bond donors (Lipinski definition) is 3. The Balaban J connectivity index is 1.38. The molecule has 0 heterocycles. The van der Waals surface area contributed by atoms with Crippen molar-refractivity contribution in [2.24, 2.45) is 28.4 Å². The lowest BCUT2D eigenvalue weighted by atomic mass is 9.94. The summed E-state index contributed by atoms with van der Waals surface area (Å²) in [6, 6.07) is 0.879. The second kappa shape index (κ2) is 5.24. The summed E-state index contributed by atoms with van der Waals surface area (Å²) in [5.74, 6) is 2.01. The highest BCUT2D eigenvalue weighted by atomic mass is 16.1. The van der Waals surface area contributed by atoms with Crippen molar-refractivity contribution in [1.29, 1.82) is 0 Å². The molecule has 3 rings (SSSR count). The molecule has 0 aromatic carbocycles. The van der Waals surface area contributed by atoms with E-state index in [9.17, 15) is 4.79 Å². The molecule has 0 radical (unpaired) electrons. The Bertz CT molecular complexity index is 426. The number of hydrogen-bond acceptors (Lipinski definition) is 3. The first-order chi connectivity index (χ1) is 9.99. The van der Waals surface area contributed by atoms with E-state index in [1.54, 1.807) is 0 Å². The van der Waals surface area contributed by atoms with E-state index in [0.29, 0.717) is 35.9 Å². The van der Waals surface area contributed by atoms with Crippen molar-refractivity contribution in [2.45, 2.75) is 65.0 Å². The molecule has 0 aliphatic heterocycles. The molecule has 3 saturated carbocycles. The molecule has 3 aliphatic carbocycles. The van der Waals surface area contributed by atoms with Gasteiger partial charge in [0.1, 0.15) is 0 Å². The molecule has 120 valence electrons. The van der Waals surface area contributed by atoms with Crippen LogP contribution in [0.1, 0.15) is 52.9 Å². The van der Waals surface area contributed by atoms with E-state index in [0.717, 1.165) is 31.2 Å². The molecule has 3 fully saturated rings. The highest BCUT2D eigenvalue weighted by Crippen LogP contribution is 2.91. The topological polar surface area (TPSA) is 67.1 Å². The summed E-state index contributed by atoms with van der Waals surface area (Å²) in [7, 11) is 0. The van der Waals surface area contributed by atoms with Gasteiger partial charge in [-0.15, -0.1) is 0 Å². The first-order valence-electron chi connectivity index (χ1n) is 8.72. The third-order valence-electron chi connectivity index (χ3n) is 6.95. The van der Waals surface area contributed by atoms with Crippen LogP contribution in [0.2, 0.25) is 0 Å². The molecule has 4 N–H and O–H groups in total. The second-order valence-corrected chi connectivity index (χ2v) is 7.77. The summed E-state index contributed by atoms with van der Waals surface area (Å²) in [5, 5.41) is 6.75. The molecular formula is C17H31N3O. The third-order valence-corrected chi connectivity index (χ3v) is 6.95. The van der Waals surface area contributed by atoms with Crippen LogP contribution in [0.25, 0.3) is 0 Å². The summed E-state index contributed by atoms with van der Waals surface area (Å²) in [5.41, 5.74) is 6.62. The molecular weight excluding hydrogens is 262 g/mol. The van der Waals surface area contributed by atoms with Crippen LogP contribution in [-0.2, 0) is 4.79 Å². The van der Waals surface area contributed by atoms with Crippen LogP contribution in [0.4, 0.5) is 0 Å². The van der Waals surface area contributed by atoms with E-state index >= 15 is 0 Å².